The van der Waals surface area contributed by atoms with Crippen LogP contribution < -0.4 is 10.1 Å². The molecule has 0 saturated carbocycles. The molecule has 1 unspecified atom stereocenters. The van der Waals surface area contributed by atoms with Gasteiger partial charge in [0.05, 0.1) is 5.54 Å². The third kappa shape index (κ3) is 4.04. The average molecular weight is 408 g/mol. The monoisotopic (exact) mass is 408 g/mol. The second kappa shape index (κ2) is 8.24. The Labute approximate surface area is 174 Å². The lowest BCUT2D eigenvalue weighted by Crippen LogP contribution is -2.63. The minimum absolute atomic E-state index is 0.0190. The van der Waals surface area contributed by atoms with Gasteiger partial charge in [0.2, 0.25) is 5.91 Å². The molecular weight excluding hydrogens is 386 g/mol. The van der Waals surface area contributed by atoms with Gasteiger partial charge in [-0.2, -0.15) is 0 Å². The number of amides is 1. The number of para-hydroxylation sites is 1. The molecule has 1 aliphatic rings. The molecule has 1 saturated heterocycles. The van der Waals surface area contributed by atoms with Crippen LogP contribution >= 0.6 is 0 Å². The fourth-order valence-corrected chi connectivity index (χ4v) is 3.52. The summed E-state index contributed by atoms with van der Waals surface area (Å²) in [7, 11) is 0. The molecule has 1 fully saturated rings. The van der Waals surface area contributed by atoms with Crippen LogP contribution in [0.1, 0.15) is 18.9 Å². The molecule has 4 nitrogen and oxygen atoms in total. The van der Waals surface area contributed by atoms with E-state index >= 15 is 0 Å². The molecule has 4 rings (SSSR count). The van der Waals surface area contributed by atoms with Gasteiger partial charge in [-0.25, -0.2) is 8.78 Å². The zero-order valence-corrected chi connectivity index (χ0v) is 16.6. The Morgan fingerprint density at radius 1 is 1.00 bits per heavy atom. The van der Waals surface area contributed by atoms with E-state index in [2.05, 4.69) is 5.32 Å². The Bertz CT molecular complexity index is 1040. The number of rotatable bonds is 6. The molecule has 0 aromatic heterocycles. The number of nitrogens with one attached hydrogen (secondary N) is 1. The molecule has 1 amide bonds. The van der Waals surface area contributed by atoms with Gasteiger partial charge >= 0.3 is 0 Å². The van der Waals surface area contributed by atoms with E-state index in [9.17, 15) is 13.6 Å². The molecule has 0 spiro atoms. The van der Waals surface area contributed by atoms with Crippen LogP contribution in [0.25, 0.3) is 0 Å². The van der Waals surface area contributed by atoms with Crippen molar-refractivity contribution in [3.8, 4) is 11.5 Å². The highest BCUT2D eigenvalue weighted by Crippen LogP contribution is 2.34. The van der Waals surface area contributed by atoms with Gasteiger partial charge in [0.25, 0.3) is 0 Å². The number of benzene rings is 3. The maximum atomic E-state index is 14.0. The lowest BCUT2D eigenvalue weighted by molar-refractivity contribution is -0.136. The van der Waals surface area contributed by atoms with Crippen molar-refractivity contribution in [3.05, 3.63) is 90.0 Å². The van der Waals surface area contributed by atoms with Crippen molar-refractivity contribution in [3.63, 3.8) is 0 Å². The van der Waals surface area contributed by atoms with E-state index in [1.165, 1.54) is 18.2 Å². The molecule has 0 aliphatic carbocycles. The van der Waals surface area contributed by atoms with E-state index < -0.39 is 17.2 Å². The largest absolute Gasteiger partial charge is 0.457 e. The molecule has 6 heteroatoms. The van der Waals surface area contributed by atoms with E-state index in [-0.39, 0.29) is 18.0 Å². The molecule has 30 heavy (non-hydrogen) atoms. The quantitative estimate of drug-likeness (QED) is 0.597. The van der Waals surface area contributed by atoms with Crippen molar-refractivity contribution < 1.29 is 18.3 Å². The number of nitrogens with zero attached hydrogens (tertiary/aromatic N) is 1. The first-order valence-electron chi connectivity index (χ1n) is 9.78. The summed E-state index contributed by atoms with van der Waals surface area (Å²) >= 11 is 0. The Balaban J connectivity index is 1.45. The highest BCUT2D eigenvalue weighted by Gasteiger charge is 2.47. The molecule has 0 radical (unpaired) electrons. The summed E-state index contributed by atoms with van der Waals surface area (Å²) in [6.07, 6.45) is 0.606. The van der Waals surface area contributed by atoms with Crippen molar-refractivity contribution in [2.45, 2.75) is 25.4 Å². The molecule has 1 N–H and O–H groups in total. The van der Waals surface area contributed by atoms with Crippen LogP contribution in [0, 0.1) is 11.6 Å². The Morgan fingerprint density at radius 2 is 1.67 bits per heavy atom. The van der Waals surface area contributed by atoms with Crippen molar-refractivity contribution in [1.29, 1.82) is 0 Å². The second-order valence-corrected chi connectivity index (χ2v) is 7.54. The smallest absolute Gasteiger partial charge is 0.244 e. The number of likely N-dealkylation sites (tertiary alicyclic amines) is 1. The van der Waals surface area contributed by atoms with Crippen LogP contribution in [-0.4, -0.2) is 22.9 Å². The number of hydrogen-bond donors (Lipinski definition) is 1. The molecule has 3 aromatic rings. The van der Waals surface area contributed by atoms with Gasteiger partial charge in [-0.15, -0.1) is 0 Å². The van der Waals surface area contributed by atoms with Gasteiger partial charge in [-0.05, 0) is 49.7 Å². The third-order valence-corrected chi connectivity index (χ3v) is 5.54. The van der Waals surface area contributed by atoms with Crippen molar-refractivity contribution >= 4 is 11.6 Å². The normalized spacial score (nSPS) is 18.5. The highest BCUT2D eigenvalue weighted by molar-refractivity contribution is 5.98. The molecule has 3 aromatic carbocycles. The average Bonchev–Trinajstić information content (AvgIpc) is 2.73. The molecule has 1 aliphatic heterocycles. The molecule has 0 bridgehead atoms. The Kier molecular flexibility index (Phi) is 5.50. The topological polar surface area (TPSA) is 41.6 Å². The first kappa shape index (κ1) is 20.0. The SMILES string of the molecule is CC1(C(=O)Nc2cccc(Oc3ccccc3)c2)CCN1Cc1c(F)cccc1F. The first-order chi connectivity index (χ1) is 14.5. The van der Waals surface area contributed by atoms with Gasteiger partial charge in [-0.3, -0.25) is 9.69 Å². The molecule has 1 heterocycles. The van der Waals surface area contributed by atoms with E-state index in [0.717, 1.165) is 0 Å². The van der Waals surface area contributed by atoms with E-state index in [4.69, 9.17) is 4.74 Å². The van der Waals surface area contributed by atoms with Crippen LogP contribution in [0.2, 0.25) is 0 Å². The zero-order valence-electron chi connectivity index (χ0n) is 16.6. The summed E-state index contributed by atoms with van der Waals surface area (Å²) in [4.78, 5) is 14.8. The molecule has 1 atom stereocenters. The number of halogens is 2. The maximum absolute atomic E-state index is 14.0. The van der Waals surface area contributed by atoms with Gasteiger partial charge < -0.3 is 10.1 Å². The predicted molar refractivity (Wildman–Crippen MR) is 111 cm³/mol. The van der Waals surface area contributed by atoms with Crippen LogP contribution in [-0.2, 0) is 11.3 Å². The Hall–Kier alpha value is -3.25. The van der Waals surface area contributed by atoms with Gasteiger partial charge in [0, 0.05) is 30.4 Å². The van der Waals surface area contributed by atoms with Crippen molar-refractivity contribution in [1.82, 2.24) is 4.90 Å². The number of carbonyl (C=O) groups is 1. The van der Waals surface area contributed by atoms with E-state index in [0.29, 0.717) is 30.2 Å². The summed E-state index contributed by atoms with van der Waals surface area (Å²) in [5, 5.41) is 2.91. The van der Waals surface area contributed by atoms with Gasteiger partial charge in [0.15, 0.2) is 0 Å². The fourth-order valence-electron chi connectivity index (χ4n) is 3.52. The van der Waals surface area contributed by atoms with Crippen LogP contribution in [0.4, 0.5) is 14.5 Å². The molecular formula is C24H22F2N2O2. The summed E-state index contributed by atoms with van der Waals surface area (Å²) in [5.41, 5.74) is -0.265. The zero-order chi connectivity index (χ0) is 21.1. The Morgan fingerprint density at radius 3 is 2.33 bits per heavy atom. The third-order valence-electron chi connectivity index (χ3n) is 5.54. The predicted octanol–water partition coefficient (Wildman–Crippen LogP) is 5.36. The first-order valence-corrected chi connectivity index (χ1v) is 9.78. The minimum atomic E-state index is -0.842. The minimum Gasteiger partial charge on any atom is -0.457 e. The standard InChI is InChI=1S/C24H22F2N2O2/c1-24(13-14-28(24)16-20-21(25)11-6-12-22(20)26)23(29)27-17-7-5-10-19(15-17)30-18-8-3-2-4-9-18/h2-12,15H,13-14,16H2,1H3,(H,27,29). The lowest BCUT2D eigenvalue weighted by atomic mass is 9.85. The fraction of sp³-hybridized carbons (Fsp3) is 0.208. The van der Waals surface area contributed by atoms with Gasteiger partial charge in [0.1, 0.15) is 23.1 Å². The van der Waals surface area contributed by atoms with Crippen LogP contribution in [0.15, 0.2) is 72.8 Å². The van der Waals surface area contributed by atoms with Crippen molar-refractivity contribution in [2.24, 2.45) is 0 Å². The number of anilines is 1. The van der Waals surface area contributed by atoms with Crippen LogP contribution in [0.3, 0.4) is 0 Å². The summed E-state index contributed by atoms with van der Waals surface area (Å²) in [5.74, 6) is -0.124. The van der Waals surface area contributed by atoms with Crippen molar-refractivity contribution in [2.75, 3.05) is 11.9 Å². The van der Waals surface area contributed by atoms with Crippen LogP contribution in [0.5, 0.6) is 11.5 Å². The summed E-state index contributed by atoms with van der Waals surface area (Å²) in [6.45, 7) is 2.42. The lowest BCUT2D eigenvalue weighted by Gasteiger charge is -2.49. The second-order valence-electron chi connectivity index (χ2n) is 7.54. The summed E-state index contributed by atoms with van der Waals surface area (Å²) < 4.78 is 33.8. The number of ether oxygens (including phenoxy) is 1. The maximum Gasteiger partial charge on any atom is 0.244 e. The van der Waals surface area contributed by atoms with Gasteiger partial charge in [-0.1, -0.05) is 30.3 Å². The number of carbonyl (C=O) groups excluding carboxylic acids is 1. The van der Waals surface area contributed by atoms with E-state index in [1.807, 2.05) is 30.3 Å². The molecule has 154 valence electrons. The highest BCUT2D eigenvalue weighted by atomic mass is 19.1. The van der Waals surface area contributed by atoms with E-state index in [1.54, 1.807) is 36.1 Å². The number of hydrogen-bond acceptors (Lipinski definition) is 3. The summed E-state index contributed by atoms with van der Waals surface area (Å²) in [6, 6.07) is 20.3.